The number of guanidine groups is 1. The van der Waals surface area contributed by atoms with Crippen LogP contribution in [0.3, 0.4) is 0 Å². The van der Waals surface area contributed by atoms with Crippen LogP contribution in [0, 0.1) is 0 Å². The highest BCUT2D eigenvalue weighted by atomic mass is 127. The van der Waals surface area contributed by atoms with E-state index in [1.54, 1.807) is 0 Å². The van der Waals surface area contributed by atoms with Crippen molar-refractivity contribution in [2.24, 2.45) is 4.99 Å². The number of rotatable bonds is 6. The summed E-state index contributed by atoms with van der Waals surface area (Å²) in [6.07, 6.45) is 1.88. The monoisotopic (exact) mass is 481 g/mol. The van der Waals surface area contributed by atoms with Crippen LogP contribution in [0.25, 0.3) is 0 Å². The number of nitrogens with zero attached hydrogens (tertiary/aromatic N) is 1. The molecule has 0 aliphatic carbocycles. The largest absolute Gasteiger partial charge is 0.490 e. The Morgan fingerprint density at radius 2 is 1.74 bits per heavy atom. The molecule has 2 N–H and O–H groups in total. The van der Waals surface area contributed by atoms with Crippen LogP contribution >= 0.6 is 24.0 Å². The zero-order chi connectivity index (χ0) is 18.0. The maximum atomic E-state index is 5.75. The molecule has 0 radical (unpaired) electrons. The van der Waals surface area contributed by atoms with Crippen molar-refractivity contribution in [3.63, 3.8) is 0 Å². The van der Waals surface area contributed by atoms with Gasteiger partial charge in [-0.05, 0) is 36.6 Å². The first-order valence-electron chi connectivity index (χ1n) is 9.30. The molecule has 6 heteroatoms. The molecule has 0 amide bonds. The minimum atomic E-state index is 0. The van der Waals surface area contributed by atoms with E-state index in [1.165, 1.54) is 5.56 Å². The molecule has 1 aliphatic rings. The summed E-state index contributed by atoms with van der Waals surface area (Å²) < 4.78 is 11.4. The molecule has 2 aromatic carbocycles. The SMILES string of the molecule is CCNC(=NCc1ccc2c(c1)OCCCO2)NCCc1ccccc1.I. The van der Waals surface area contributed by atoms with Crippen LogP contribution in [0.2, 0.25) is 0 Å². The summed E-state index contributed by atoms with van der Waals surface area (Å²) in [5.74, 6) is 2.47. The average Bonchev–Trinajstić information content (AvgIpc) is 2.92. The van der Waals surface area contributed by atoms with Crippen molar-refractivity contribution in [2.45, 2.75) is 26.3 Å². The molecule has 1 aliphatic heterocycles. The standard InChI is InChI=1S/C21H27N3O2.HI/c1-2-22-21(23-12-11-17-7-4-3-5-8-17)24-16-18-9-10-19-20(15-18)26-14-6-13-25-19;/h3-5,7-10,15H,2,6,11-14,16H2,1H3,(H2,22,23,24);1H. The van der Waals surface area contributed by atoms with Gasteiger partial charge in [0, 0.05) is 19.5 Å². The molecule has 0 aromatic heterocycles. The van der Waals surface area contributed by atoms with Gasteiger partial charge >= 0.3 is 0 Å². The Balaban J connectivity index is 0.00000261. The summed E-state index contributed by atoms with van der Waals surface area (Å²) in [6.45, 7) is 5.75. The van der Waals surface area contributed by atoms with Gasteiger partial charge in [0.25, 0.3) is 0 Å². The van der Waals surface area contributed by atoms with Gasteiger partial charge in [-0.3, -0.25) is 0 Å². The topological polar surface area (TPSA) is 54.9 Å². The molecule has 0 bridgehead atoms. The van der Waals surface area contributed by atoms with Crippen LogP contribution < -0.4 is 20.1 Å². The first kappa shape index (κ1) is 21.3. The summed E-state index contributed by atoms with van der Waals surface area (Å²) in [7, 11) is 0. The minimum absolute atomic E-state index is 0. The second kappa shape index (κ2) is 11.7. The van der Waals surface area contributed by atoms with E-state index >= 15 is 0 Å². The fourth-order valence-electron chi connectivity index (χ4n) is 2.79. The van der Waals surface area contributed by atoms with Crippen LogP contribution in [0.1, 0.15) is 24.5 Å². The Bertz CT molecular complexity index is 723. The molecule has 146 valence electrons. The predicted octanol–water partition coefficient (Wildman–Crippen LogP) is 3.76. The Hall–Kier alpha value is -1.96. The van der Waals surface area contributed by atoms with E-state index in [9.17, 15) is 0 Å². The highest BCUT2D eigenvalue weighted by Gasteiger charge is 2.10. The first-order chi connectivity index (χ1) is 12.8. The normalized spacial score (nSPS) is 13.3. The fourth-order valence-corrected chi connectivity index (χ4v) is 2.79. The van der Waals surface area contributed by atoms with E-state index in [-0.39, 0.29) is 24.0 Å². The molecule has 3 rings (SSSR count). The van der Waals surface area contributed by atoms with Gasteiger partial charge in [-0.15, -0.1) is 24.0 Å². The molecule has 1 heterocycles. The summed E-state index contributed by atoms with van der Waals surface area (Å²) in [6, 6.07) is 16.5. The first-order valence-corrected chi connectivity index (χ1v) is 9.30. The molecular formula is C21H28IN3O2. The quantitative estimate of drug-likeness (QED) is 0.375. The highest BCUT2D eigenvalue weighted by Crippen LogP contribution is 2.30. The maximum Gasteiger partial charge on any atom is 0.191 e. The average molecular weight is 481 g/mol. The van der Waals surface area contributed by atoms with Crippen molar-refractivity contribution >= 4 is 29.9 Å². The van der Waals surface area contributed by atoms with E-state index in [0.29, 0.717) is 19.8 Å². The molecule has 0 saturated heterocycles. The van der Waals surface area contributed by atoms with Crippen molar-refractivity contribution in [3.8, 4) is 11.5 Å². The van der Waals surface area contributed by atoms with Crippen molar-refractivity contribution < 1.29 is 9.47 Å². The Morgan fingerprint density at radius 1 is 0.963 bits per heavy atom. The van der Waals surface area contributed by atoms with Crippen molar-refractivity contribution in [3.05, 3.63) is 59.7 Å². The lowest BCUT2D eigenvalue weighted by molar-refractivity contribution is 0.297. The number of halogens is 1. The van der Waals surface area contributed by atoms with Gasteiger partial charge < -0.3 is 20.1 Å². The number of ether oxygens (including phenoxy) is 2. The third-order valence-electron chi connectivity index (χ3n) is 4.12. The summed E-state index contributed by atoms with van der Waals surface area (Å²) in [4.78, 5) is 4.69. The summed E-state index contributed by atoms with van der Waals surface area (Å²) in [5.41, 5.74) is 2.42. The van der Waals surface area contributed by atoms with Crippen LogP contribution in [-0.4, -0.2) is 32.3 Å². The van der Waals surface area contributed by atoms with Gasteiger partial charge in [0.15, 0.2) is 17.5 Å². The van der Waals surface area contributed by atoms with Gasteiger partial charge in [0.05, 0.1) is 19.8 Å². The van der Waals surface area contributed by atoms with Gasteiger partial charge in [-0.2, -0.15) is 0 Å². The zero-order valence-electron chi connectivity index (χ0n) is 15.7. The number of hydrogen-bond acceptors (Lipinski definition) is 3. The Morgan fingerprint density at radius 3 is 2.52 bits per heavy atom. The minimum Gasteiger partial charge on any atom is -0.490 e. The van der Waals surface area contributed by atoms with E-state index in [0.717, 1.165) is 49.0 Å². The third-order valence-corrected chi connectivity index (χ3v) is 4.12. The van der Waals surface area contributed by atoms with Crippen LogP contribution in [0.4, 0.5) is 0 Å². The fraction of sp³-hybridized carbons (Fsp3) is 0.381. The molecule has 0 atom stereocenters. The lowest BCUT2D eigenvalue weighted by atomic mass is 10.1. The molecule has 27 heavy (non-hydrogen) atoms. The number of aliphatic imine (C=N–C) groups is 1. The number of hydrogen-bond donors (Lipinski definition) is 2. The van der Waals surface area contributed by atoms with E-state index in [2.05, 4.69) is 46.8 Å². The second-order valence-electron chi connectivity index (χ2n) is 6.19. The maximum absolute atomic E-state index is 5.75. The smallest absolute Gasteiger partial charge is 0.191 e. The van der Waals surface area contributed by atoms with Crippen LogP contribution in [0.15, 0.2) is 53.5 Å². The number of fused-ring (bicyclic) bond motifs is 1. The molecule has 0 saturated carbocycles. The zero-order valence-corrected chi connectivity index (χ0v) is 18.1. The third kappa shape index (κ3) is 6.93. The van der Waals surface area contributed by atoms with Crippen molar-refractivity contribution in [1.82, 2.24) is 10.6 Å². The van der Waals surface area contributed by atoms with Gasteiger partial charge in [0.2, 0.25) is 0 Å². The number of nitrogens with one attached hydrogen (secondary N) is 2. The molecule has 0 fully saturated rings. The second-order valence-corrected chi connectivity index (χ2v) is 6.19. The van der Waals surface area contributed by atoms with Gasteiger partial charge in [0.1, 0.15) is 0 Å². The van der Waals surface area contributed by atoms with Crippen molar-refractivity contribution in [1.29, 1.82) is 0 Å². The Kier molecular flexibility index (Phi) is 9.24. The highest BCUT2D eigenvalue weighted by molar-refractivity contribution is 14.0. The van der Waals surface area contributed by atoms with Crippen molar-refractivity contribution in [2.75, 3.05) is 26.3 Å². The predicted molar refractivity (Wildman–Crippen MR) is 120 cm³/mol. The van der Waals surface area contributed by atoms with E-state index in [4.69, 9.17) is 9.47 Å². The van der Waals surface area contributed by atoms with Gasteiger partial charge in [-0.25, -0.2) is 4.99 Å². The molecule has 5 nitrogen and oxygen atoms in total. The summed E-state index contributed by atoms with van der Waals surface area (Å²) >= 11 is 0. The lowest BCUT2D eigenvalue weighted by Gasteiger charge is -2.12. The molecule has 0 unspecified atom stereocenters. The van der Waals surface area contributed by atoms with E-state index in [1.807, 2.05) is 24.3 Å². The molecule has 0 spiro atoms. The lowest BCUT2D eigenvalue weighted by Crippen LogP contribution is -2.38. The van der Waals surface area contributed by atoms with Crippen LogP contribution in [-0.2, 0) is 13.0 Å². The molecular weight excluding hydrogens is 453 g/mol. The van der Waals surface area contributed by atoms with Crippen LogP contribution in [0.5, 0.6) is 11.5 Å². The number of benzene rings is 2. The van der Waals surface area contributed by atoms with Gasteiger partial charge in [-0.1, -0.05) is 36.4 Å². The molecule has 2 aromatic rings. The summed E-state index contributed by atoms with van der Waals surface area (Å²) in [5, 5.41) is 6.69. The Labute approximate surface area is 178 Å². The van der Waals surface area contributed by atoms with E-state index < -0.39 is 0 Å².